The van der Waals surface area contributed by atoms with Gasteiger partial charge >= 0.3 is 0 Å². The number of phenols is 1. The number of amides is 2. The van der Waals surface area contributed by atoms with E-state index in [0.717, 1.165) is 23.1 Å². The number of rotatable bonds is 5. The second-order valence-corrected chi connectivity index (χ2v) is 5.25. The number of carbonyl (C=O) groups is 2. The summed E-state index contributed by atoms with van der Waals surface area (Å²) in [5.41, 5.74) is -0.826. The van der Waals surface area contributed by atoms with Gasteiger partial charge in [-0.05, 0) is 18.3 Å². The van der Waals surface area contributed by atoms with Crippen LogP contribution in [0.2, 0.25) is 0 Å². The van der Waals surface area contributed by atoms with Gasteiger partial charge in [0, 0.05) is 18.2 Å². The number of carbonyl (C=O) groups excluding carboxylic acids is 2. The minimum absolute atomic E-state index is 0.0690. The molecule has 0 aliphatic carbocycles. The molecule has 1 fully saturated rings. The van der Waals surface area contributed by atoms with E-state index in [1.807, 2.05) is 0 Å². The normalized spacial score (nSPS) is 16.0. The fourth-order valence-electron chi connectivity index (χ4n) is 2.13. The van der Waals surface area contributed by atoms with Gasteiger partial charge in [0.05, 0.1) is 18.1 Å². The van der Waals surface area contributed by atoms with E-state index >= 15 is 0 Å². The fourth-order valence-corrected chi connectivity index (χ4v) is 2.38. The first kappa shape index (κ1) is 18.1. The SMILES string of the molecule is C=CCN1C(=O)/C(=C/c2cc([N+](=O)[O-])cc(OC)c2O)C(=O)NC1=S. The highest BCUT2D eigenvalue weighted by Gasteiger charge is 2.33. The Morgan fingerprint density at radius 3 is 2.72 bits per heavy atom. The number of phenolic OH excluding ortho intramolecular Hbond substituents is 1. The largest absolute Gasteiger partial charge is 0.504 e. The molecule has 2 amide bonds. The van der Waals surface area contributed by atoms with E-state index in [1.54, 1.807) is 0 Å². The molecule has 0 radical (unpaired) electrons. The van der Waals surface area contributed by atoms with Gasteiger partial charge in [-0.3, -0.25) is 29.9 Å². The van der Waals surface area contributed by atoms with Crippen LogP contribution in [0.3, 0.4) is 0 Å². The molecular weight excluding hydrogens is 350 g/mol. The number of non-ortho nitro benzene ring substituents is 1. The number of hydrogen-bond donors (Lipinski definition) is 2. The van der Waals surface area contributed by atoms with E-state index in [2.05, 4.69) is 11.9 Å². The Morgan fingerprint density at radius 2 is 2.16 bits per heavy atom. The molecule has 0 bridgehead atoms. The van der Waals surface area contributed by atoms with Gasteiger partial charge in [-0.1, -0.05) is 6.08 Å². The van der Waals surface area contributed by atoms with Crippen molar-refractivity contribution < 1.29 is 24.4 Å². The molecule has 1 heterocycles. The third-order valence-electron chi connectivity index (χ3n) is 3.32. The molecule has 0 atom stereocenters. The zero-order valence-corrected chi connectivity index (χ0v) is 13.8. The molecule has 25 heavy (non-hydrogen) atoms. The van der Waals surface area contributed by atoms with Gasteiger partial charge in [-0.25, -0.2) is 0 Å². The summed E-state index contributed by atoms with van der Waals surface area (Å²) >= 11 is 4.92. The van der Waals surface area contributed by atoms with Crippen LogP contribution in [0.15, 0.2) is 30.4 Å². The van der Waals surface area contributed by atoms with E-state index in [0.29, 0.717) is 0 Å². The van der Waals surface area contributed by atoms with E-state index in [4.69, 9.17) is 17.0 Å². The van der Waals surface area contributed by atoms with Crippen LogP contribution < -0.4 is 10.1 Å². The van der Waals surface area contributed by atoms with Crippen LogP contribution in [-0.2, 0) is 9.59 Å². The second kappa shape index (κ2) is 7.09. The number of methoxy groups -OCH3 is 1. The van der Waals surface area contributed by atoms with Crippen LogP contribution in [-0.4, -0.2) is 45.5 Å². The van der Waals surface area contributed by atoms with Crippen LogP contribution >= 0.6 is 12.2 Å². The van der Waals surface area contributed by atoms with Crippen molar-refractivity contribution in [3.8, 4) is 11.5 Å². The first-order chi connectivity index (χ1) is 11.8. The number of nitrogens with one attached hydrogen (secondary N) is 1. The lowest BCUT2D eigenvalue weighted by molar-refractivity contribution is -0.385. The third-order valence-corrected chi connectivity index (χ3v) is 3.64. The smallest absolute Gasteiger partial charge is 0.274 e. The summed E-state index contributed by atoms with van der Waals surface area (Å²) in [5, 5.41) is 23.4. The molecule has 0 saturated carbocycles. The number of aromatic hydroxyl groups is 1. The monoisotopic (exact) mass is 363 g/mol. The van der Waals surface area contributed by atoms with E-state index in [9.17, 15) is 24.8 Å². The Hall–Kier alpha value is -3.27. The van der Waals surface area contributed by atoms with Gasteiger partial charge in [-0.15, -0.1) is 6.58 Å². The van der Waals surface area contributed by atoms with Crippen LogP contribution in [0.4, 0.5) is 5.69 Å². The summed E-state index contributed by atoms with van der Waals surface area (Å²) in [4.78, 5) is 35.9. The van der Waals surface area contributed by atoms with Crippen molar-refractivity contribution in [1.29, 1.82) is 0 Å². The summed E-state index contributed by atoms with van der Waals surface area (Å²) < 4.78 is 4.88. The maximum atomic E-state index is 12.4. The number of benzene rings is 1. The standard InChI is InChI=1S/C15H13N3O6S/c1-3-4-17-14(21)10(13(20)16-15(17)25)6-8-5-9(18(22)23)7-11(24-2)12(8)19/h3,5-7,19H,1,4H2,2H3,(H,16,20,25)/b10-6+. The molecule has 1 aromatic rings. The Morgan fingerprint density at radius 1 is 1.48 bits per heavy atom. The van der Waals surface area contributed by atoms with E-state index < -0.39 is 22.5 Å². The molecule has 9 nitrogen and oxygen atoms in total. The molecule has 1 aliphatic rings. The minimum Gasteiger partial charge on any atom is -0.504 e. The lowest BCUT2D eigenvalue weighted by Gasteiger charge is -2.27. The van der Waals surface area contributed by atoms with Crippen molar-refractivity contribution in [2.24, 2.45) is 0 Å². The van der Waals surface area contributed by atoms with Gasteiger partial charge < -0.3 is 9.84 Å². The Balaban J connectivity index is 2.58. The molecule has 2 N–H and O–H groups in total. The molecule has 1 saturated heterocycles. The van der Waals surface area contributed by atoms with Crippen molar-refractivity contribution in [1.82, 2.24) is 10.2 Å². The highest BCUT2D eigenvalue weighted by Crippen LogP contribution is 2.36. The van der Waals surface area contributed by atoms with Crippen LogP contribution in [0.5, 0.6) is 11.5 Å². The maximum absolute atomic E-state index is 12.4. The van der Waals surface area contributed by atoms with Gasteiger partial charge in [0.25, 0.3) is 17.5 Å². The Kier molecular flexibility index (Phi) is 5.13. The average Bonchev–Trinajstić information content (AvgIpc) is 2.56. The van der Waals surface area contributed by atoms with Crippen molar-refractivity contribution in [3.63, 3.8) is 0 Å². The second-order valence-electron chi connectivity index (χ2n) is 4.86. The van der Waals surface area contributed by atoms with Crippen molar-refractivity contribution in [2.45, 2.75) is 0 Å². The first-order valence-corrected chi connectivity index (χ1v) is 7.26. The van der Waals surface area contributed by atoms with Crippen molar-refractivity contribution in [3.05, 3.63) is 46.0 Å². The first-order valence-electron chi connectivity index (χ1n) is 6.85. The molecule has 1 aromatic carbocycles. The number of nitrogens with zero attached hydrogens (tertiary/aromatic N) is 2. The number of nitro benzene ring substituents is 1. The van der Waals surface area contributed by atoms with E-state index in [-0.39, 0.29) is 34.2 Å². The number of thiocarbonyl (C=S) groups is 1. The number of ether oxygens (including phenoxy) is 1. The summed E-state index contributed by atoms with van der Waals surface area (Å²) in [6.07, 6.45) is 2.47. The maximum Gasteiger partial charge on any atom is 0.274 e. The summed E-state index contributed by atoms with van der Waals surface area (Å²) in [6, 6.07) is 2.05. The lowest BCUT2D eigenvalue weighted by atomic mass is 10.1. The van der Waals surface area contributed by atoms with Gasteiger partial charge in [0.1, 0.15) is 5.57 Å². The summed E-state index contributed by atoms with van der Waals surface area (Å²) in [7, 11) is 1.22. The zero-order chi connectivity index (χ0) is 18.7. The van der Waals surface area contributed by atoms with E-state index in [1.165, 1.54) is 13.2 Å². The number of hydrogen-bond acceptors (Lipinski definition) is 7. The molecule has 0 unspecified atom stereocenters. The van der Waals surface area contributed by atoms with Crippen molar-refractivity contribution in [2.75, 3.05) is 13.7 Å². The molecule has 130 valence electrons. The third kappa shape index (κ3) is 3.48. The van der Waals surface area contributed by atoms with Crippen LogP contribution in [0.1, 0.15) is 5.56 Å². The number of nitro groups is 1. The zero-order valence-electron chi connectivity index (χ0n) is 13.0. The lowest BCUT2D eigenvalue weighted by Crippen LogP contribution is -2.53. The highest BCUT2D eigenvalue weighted by atomic mass is 32.1. The quantitative estimate of drug-likeness (QED) is 0.201. The predicted molar refractivity (Wildman–Crippen MR) is 91.9 cm³/mol. The molecule has 10 heteroatoms. The van der Waals surface area contributed by atoms with Gasteiger partial charge in [0.15, 0.2) is 16.6 Å². The Labute approximate surface area is 147 Å². The van der Waals surface area contributed by atoms with Crippen LogP contribution in [0.25, 0.3) is 6.08 Å². The average molecular weight is 363 g/mol. The highest BCUT2D eigenvalue weighted by molar-refractivity contribution is 7.80. The summed E-state index contributed by atoms with van der Waals surface area (Å²) in [6.45, 7) is 3.57. The van der Waals surface area contributed by atoms with Gasteiger partial charge in [0.2, 0.25) is 0 Å². The molecule has 2 rings (SSSR count). The topological polar surface area (TPSA) is 122 Å². The van der Waals surface area contributed by atoms with Crippen molar-refractivity contribution >= 4 is 40.9 Å². The molecule has 0 aromatic heterocycles. The predicted octanol–water partition coefficient (Wildman–Crippen LogP) is 1.12. The van der Waals surface area contributed by atoms with Crippen LogP contribution in [0, 0.1) is 10.1 Å². The summed E-state index contributed by atoms with van der Waals surface area (Å²) in [5.74, 6) is -2.09. The molecule has 1 aliphatic heterocycles. The Bertz CT molecular complexity index is 833. The van der Waals surface area contributed by atoms with Gasteiger partial charge in [-0.2, -0.15) is 0 Å². The minimum atomic E-state index is -0.778. The fraction of sp³-hybridized carbons (Fsp3) is 0.133. The molecule has 0 spiro atoms. The molecular formula is C15H13N3O6S.